The standard InChI is InChI=1S/C18H17N3O3/c1-12(10-14-11-19-17-5-3-2-4-16(14)17)20-18(22)13-6-8-15(9-7-13)21(23)24/h2-9,11-12,19H,10H2,1H3,(H,20,22)/t12-/m1/s1. The number of nitrogens with zero attached hydrogens (tertiary/aromatic N) is 1. The summed E-state index contributed by atoms with van der Waals surface area (Å²) in [6, 6.07) is 13.6. The van der Waals surface area contributed by atoms with Gasteiger partial charge in [0.05, 0.1) is 4.92 Å². The van der Waals surface area contributed by atoms with E-state index < -0.39 is 4.92 Å². The summed E-state index contributed by atoms with van der Waals surface area (Å²) < 4.78 is 0. The average molecular weight is 323 g/mol. The highest BCUT2D eigenvalue weighted by Gasteiger charge is 2.13. The Bertz CT molecular complexity index is 884. The Morgan fingerprint density at radius 3 is 2.62 bits per heavy atom. The van der Waals surface area contributed by atoms with E-state index in [1.807, 2.05) is 37.4 Å². The topological polar surface area (TPSA) is 88.0 Å². The quantitative estimate of drug-likeness (QED) is 0.557. The molecule has 122 valence electrons. The van der Waals surface area contributed by atoms with Crippen LogP contribution < -0.4 is 5.32 Å². The number of aromatic amines is 1. The van der Waals surface area contributed by atoms with Crippen molar-refractivity contribution >= 4 is 22.5 Å². The molecule has 0 spiro atoms. The lowest BCUT2D eigenvalue weighted by molar-refractivity contribution is -0.384. The number of aromatic nitrogens is 1. The maximum Gasteiger partial charge on any atom is 0.269 e. The van der Waals surface area contributed by atoms with Crippen LogP contribution in [0.5, 0.6) is 0 Å². The van der Waals surface area contributed by atoms with Crippen LogP contribution in [-0.4, -0.2) is 21.9 Å². The first-order chi connectivity index (χ1) is 11.5. The molecule has 0 aliphatic heterocycles. The number of carbonyl (C=O) groups excluding carboxylic acids is 1. The van der Waals surface area contributed by atoms with Gasteiger partial charge in [-0.2, -0.15) is 0 Å². The molecule has 24 heavy (non-hydrogen) atoms. The molecule has 0 unspecified atom stereocenters. The number of nitrogens with one attached hydrogen (secondary N) is 2. The summed E-state index contributed by atoms with van der Waals surface area (Å²) in [5.74, 6) is -0.239. The number of carbonyl (C=O) groups is 1. The van der Waals surface area contributed by atoms with Crippen LogP contribution in [0.25, 0.3) is 10.9 Å². The van der Waals surface area contributed by atoms with E-state index in [0.29, 0.717) is 12.0 Å². The summed E-state index contributed by atoms with van der Waals surface area (Å²) in [5, 5.41) is 14.7. The minimum absolute atomic E-state index is 0.0293. The molecule has 0 aliphatic rings. The van der Waals surface area contributed by atoms with Crippen molar-refractivity contribution in [1.82, 2.24) is 10.3 Å². The van der Waals surface area contributed by atoms with Crippen molar-refractivity contribution in [3.05, 3.63) is 76.0 Å². The van der Waals surface area contributed by atoms with E-state index in [4.69, 9.17) is 0 Å². The van der Waals surface area contributed by atoms with Crippen LogP contribution in [-0.2, 0) is 6.42 Å². The Labute approximate surface area is 138 Å². The molecule has 6 heteroatoms. The SMILES string of the molecule is C[C@H](Cc1c[nH]c2ccccc12)NC(=O)c1ccc([N+](=O)[O-])cc1. The molecule has 3 aromatic rings. The molecule has 3 rings (SSSR count). The van der Waals surface area contributed by atoms with E-state index >= 15 is 0 Å². The van der Waals surface area contributed by atoms with Gasteiger partial charge in [-0.25, -0.2) is 0 Å². The average Bonchev–Trinajstić information content (AvgIpc) is 2.98. The summed E-state index contributed by atoms with van der Waals surface area (Å²) in [6.07, 6.45) is 2.65. The van der Waals surface area contributed by atoms with Crippen molar-refractivity contribution in [2.75, 3.05) is 0 Å². The molecule has 2 N–H and O–H groups in total. The molecule has 1 atom stereocenters. The lowest BCUT2D eigenvalue weighted by Crippen LogP contribution is -2.34. The molecule has 0 bridgehead atoms. The lowest BCUT2D eigenvalue weighted by Gasteiger charge is -2.13. The summed E-state index contributed by atoms with van der Waals surface area (Å²) >= 11 is 0. The summed E-state index contributed by atoms with van der Waals surface area (Å²) in [4.78, 5) is 25.6. The number of rotatable bonds is 5. The van der Waals surface area contributed by atoms with Crippen LogP contribution in [0, 0.1) is 10.1 Å². The molecule has 6 nitrogen and oxygen atoms in total. The highest BCUT2D eigenvalue weighted by atomic mass is 16.6. The van der Waals surface area contributed by atoms with Crippen LogP contribution in [0.15, 0.2) is 54.7 Å². The third-order valence-electron chi connectivity index (χ3n) is 3.92. The van der Waals surface area contributed by atoms with Crippen molar-refractivity contribution < 1.29 is 9.72 Å². The Hall–Kier alpha value is -3.15. The number of para-hydroxylation sites is 1. The van der Waals surface area contributed by atoms with E-state index in [1.165, 1.54) is 24.3 Å². The molecule has 0 fully saturated rings. The van der Waals surface area contributed by atoms with Gasteiger partial charge in [-0.1, -0.05) is 18.2 Å². The number of hydrogen-bond acceptors (Lipinski definition) is 3. The fraction of sp³-hybridized carbons (Fsp3) is 0.167. The number of fused-ring (bicyclic) bond motifs is 1. The van der Waals surface area contributed by atoms with E-state index in [-0.39, 0.29) is 17.6 Å². The first-order valence-electron chi connectivity index (χ1n) is 7.65. The van der Waals surface area contributed by atoms with Crippen molar-refractivity contribution in [3.8, 4) is 0 Å². The summed E-state index contributed by atoms with van der Waals surface area (Å²) in [6.45, 7) is 1.94. The first-order valence-corrected chi connectivity index (χ1v) is 7.65. The van der Waals surface area contributed by atoms with Gasteiger partial charge in [-0.05, 0) is 37.1 Å². The second kappa shape index (κ2) is 6.54. The summed E-state index contributed by atoms with van der Waals surface area (Å²) in [7, 11) is 0. The van der Waals surface area contributed by atoms with Gasteiger partial charge < -0.3 is 10.3 Å². The van der Waals surface area contributed by atoms with Crippen LogP contribution in [0.3, 0.4) is 0 Å². The number of nitro groups is 1. The molecule has 1 heterocycles. The predicted octanol–water partition coefficient (Wildman–Crippen LogP) is 3.44. The van der Waals surface area contributed by atoms with Gasteiger partial charge in [0.15, 0.2) is 0 Å². The number of benzene rings is 2. The zero-order chi connectivity index (χ0) is 17.1. The van der Waals surface area contributed by atoms with E-state index in [2.05, 4.69) is 10.3 Å². The highest BCUT2D eigenvalue weighted by Crippen LogP contribution is 2.19. The fourth-order valence-electron chi connectivity index (χ4n) is 2.72. The second-order valence-electron chi connectivity index (χ2n) is 5.74. The number of H-pyrrole nitrogens is 1. The predicted molar refractivity (Wildman–Crippen MR) is 92.0 cm³/mol. The van der Waals surface area contributed by atoms with Gasteiger partial charge in [0.2, 0.25) is 0 Å². The van der Waals surface area contributed by atoms with Crippen molar-refractivity contribution in [2.24, 2.45) is 0 Å². The van der Waals surface area contributed by atoms with Gasteiger partial charge in [0.25, 0.3) is 11.6 Å². The van der Waals surface area contributed by atoms with Gasteiger partial charge >= 0.3 is 0 Å². The monoisotopic (exact) mass is 323 g/mol. The van der Waals surface area contributed by atoms with Crippen molar-refractivity contribution in [3.63, 3.8) is 0 Å². The van der Waals surface area contributed by atoms with Crippen molar-refractivity contribution in [1.29, 1.82) is 0 Å². The highest BCUT2D eigenvalue weighted by molar-refractivity contribution is 5.94. The molecule has 0 saturated carbocycles. The Morgan fingerprint density at radius 1 is 1.21 bits per heavy atom. The number of non-ortho nitro benzene ring substituents is 1. The molecule has 0 saturated heterocycles. The smallest absolute Gasteiger partial charge is 0.269 e. The van der Waals surface area contributed by atoms with Crippen molar-refractivity contribution in [2.45, 2.75) is 19.4 Å². The third-order valence-corrected chi connectivity index (χ3v) is 3.92. The molecule has 1 aromatic heterocycles. The molecular formula is C18H17N3O3. The number of amides is 1. The van der Waals surface area contributed by atoms with E-state index in [1.54, 1.807) is 0 Å². The second-order valence-corrected chi connectivity index (χ2v) is 5.74. The van der Waals surface area contributed by atoms with E-state index in [0.717, 1.165) is 16.5 Å². The Morgan fingerprint density at radius 2 is 1.92 bits per heavy atom. The lowest BCUT2D eigenvalue weighted by atomic mass is 10.1. The fourth-order valence-corrected chi connectivity index (χ4v) is 2.72. The molecule has 2 aromatic carbocycles. The number of hydrogen-bond donors (Lipinski definition) is 2. The van der Waals surface area contributed by atoms with Gasteiger partial charge in [0, 0.05) is 40.8 Å². The van der Waals surface area contributed by atoms with Gasteiger partial charge in [0.1, 0.15) is 0 Å². The minimum Gasteiger partial charge on any atom is -0.361 e. The summed E-state index contributed by atoms with van der Waals surface area (Å²) in [5.41, 5.74) is 2.59. The van der Waals surface area contributed by atoms with Gasteiger partial charge in [-0.15, -0.1) is 0 Å². The zero-order valence-electron chi connectivity index (χ0n) is 13.2. The minimum atomic E-state index is -0.485. The van der Waals surface area contributed by atoms with Crippen LogP contribution in [0.1, 0.15) is 22.8 Å². The van der Waals surface area contributed by atoms with Gasteiger partial charge in [-0.3, -0.25) is 14.9 Å². The number of nitro benzene ring substituents is 1. The third kappa shape index (κ3) is 3.27. The molecule has 0 radical (unpaired) electrons. The van der Waals surface area contributed by atoms with E-state index in [9.17, 15) is 14.9 Å². The zero-order valence-corrected chi connectivity index (χ0v) is 13.2. The largest absolute Gasteiger partial charge is 0.361 e. The molecule has 0 aliphatic carbocycles. The molecular weight excluding hydrogens is 306 g/mol. The van der Waals surface area contributed by atoms with Crippen LogP contribution >= 0.6 is 0 Å². The Balaban J connectivity index is 1.66. The first kappa shape index (κ1) is 15.7. The maximum absolute atomic E-state index is 12.2. The maximum atomic E-state index is 12.2. The van der Waals surface area contributed by atoms with Crippen LogP contribution in [0.4, 0.5) is 5.69 Å². The normalized spacial score (nSPS) is 12.0. The van der Waals surface area contributed by atoms with Crippen LogP contribution in [0.2, 0.25) is 0 Å². The molecule has 1 amide bonds. The Kier molecular flexibility index (Phi) is 4.29.